The lowest BCUT2D eigenvalue weighted by atomic mass is 10.5. The van der Waals surface area contributed by atoms with E-state index in [1.54, 1.807) is 0 Å². The number of nitrogens with one attached hydrogen (secondary N) is 1. The zero-order chi connectivity index (χ0) is 5.11. The van der Waals surface area contributed by atoms with E-state index >= 15 is 0 Å². The topological polar surface area (TPSA) is 14.1 Å². The molecular formula is C5H5BrIN. The van der Waals surface area contributed by atoms with Crippen LogP contribution in [0.2, 0.25) is 0 Å². The molecule has 0 unspecified atom stereocenters. The van der Waals surface area contributed by atoms with Gasteiger partial charge in [0.1, 0.15) is 0 Å². The quantitative estimate of drug-likeness (QED) is 0.503. The highest BCUT2D eigenvalue weighted by Crippen LogP contribution is 2.02. The fraction of sp³-hybridized carbons (Fsp3) is 0. The van der Waals surface area contributed by atoms with Crippen LogP contribution in [-0.2, 0) is 0 Å². The second kappa shape index (κ2) is 4.26. The van der Waals surface area contributed by atoms with Crippen molar-refractivity contribution in [2.24, 2.45) is 0 Å². The SMILES string of the molecule is Brc1cc[nH+]cc1.[I-]. The molecule has 0 radical (unpaired) electrons. The molecule has 8 heavy (non-hydrogen) atoms. The molecule has 1 nitrogen and oxygen atoms in total. The van der Waals surface area contributed by atoms with Crippen molar-refractivity contribution in [3.8, 4) is 0 Å². The Hall–Kier alpha value is 0.360. The van der Waals surface area contributed by atoms with Gasteiger partial charge in [-0.1, -0.05) is 15.9 Å². The third-order valence-corrected chi connectivity index (χ3v) is 1.21. The van der Waals surface area contributed by atoms with Gasteiger partial charge < -0.3 is 24.0 Å². The molecule has 3 heteroatoms. The van der Waals surface area contributed by atoms with Gasteiger partial charge in [0.2, 0.25) is 0 Å². The Morgan fingerprint density at radius 1 is 1.25 bits per heavy atom. The van der Waals surface area contributed by atoms with Crippen LogP contribution in [0.3, 0.4) is 0 Å². The van der Waals surface area contributed by atoms with Crippen molar-refractivity contribution in [1.29, 1.82) is 0 Å². The number of aromatic amines is 1. The zero-order valence-corrected chi connectivity index (χ0v) is 7.81. The Morgan fingerprint density at radius 3 is 2.00 bits per heavy atom. The van der Waals surface area contributed by atoms with E-state index in [-0.39, 0.29) is 24.0 Å². The van der Waals surface area contributed by atoms with E-state index in [1.807, 2.05) is 24.5 Å². The van der Waals surface area contributed by atoms with E-state index in [2.05, 4.69) is 20.9 Å². The maximum atomic E-state index is 3.29. The molecule has 0 atom stereocenters. The van der Waals surface area contributed by atoms with Crippen molar-refractivity contribution in [1.82, 2.24) is 0 Å². The monoisotopic (exact) mass is 285 g/mol. The molecule has 0 fully saturated rings. The van der Waals surface area contributed by atoms with Gasteiger partial charge in [0.15, 0.2) is 12.4 Å². The number of halogens is 2. The summed E-state index contributed by atoms with van der Waals surface area (Å²) in [5, 5.41) is 0. The van der Waals surface area contributed by atoms with Crippen molar-refractivity contribution in [3.05, 3.63) is 29.0 Å². The molecule has 0 aliphatic rings. The first kappa shape index (κ1) is 8.36. The summed E-state index contributed by atoms with van der Waals surface area (Å²) in [5.74, 6) is 0. The Morgan fingerprint density at radius 2 is 1.75 bits per heavy atom. The van der Waals surface area contributed by atoms with Crippen molar-refractivity contribution in [2.45, 2.75) is 0 Å². The normalized spacial score (nSPS) is 7.62. The van der Waals surface area contributed by atoms with E-state index in [0.29, 0.717) is 0 Å². The molecule has 1 rings (SSSR count). The number of pyridine rings is 1. The zero-order valence-electron chi connectivity index (χ0n) is 4.07. The summed E-state index contributed by atoms with van der Waals surface area (Å²) in [4.78, 5) is 2.90. The lowest BCUT2D eigenvalue weighted by Gasteiger charge is -1.75. The summed E-state index contributed by atoms with van der Waals surface area (Å²) in [5.41, 5.74) is 0. The van der Waals surface area contributed by atoms with E-state index < -0.39 is 0 Å². The summed E-state index contributed by atoms with van der Waals surface area (Å²) in [6.45, 7) is 0. The summed E-state index contributed by atoms with van der Waals surface area (Å²) < 4.78 is 1.10. The Kier molecular flexibility index (Phi) is 4.45. The summed E-state index contributed by atoms with van der Waals surface area (Å²) in [7, 11) is 0. The first-order valence-electron chi connectivity index (χ1n) is 2.01. The molecule has 0 saturated carbocycles. The highest BCUT2D eigenvalue weighted by atomic mass is 127. The highest BCUT2D eigenvalue weighted by molar-refractivity contribution is 9.10. The molecule has 1 N–H and O–H groups in total. The van der Waals surface area contributed by atoms with Crippen LogP contribution in [0.5, 0.6) is 0 Å². The fourth-order valence-electron chi connectivity index (χ4n) is 0.367. The molecule has 0 saturated heterocycles. The van der Waals surface area contributed by atoms with Gasteiger partial charge in [0.25, 0.3) is 0 Å². The van der Waals surface area contributed by atoms with Crippen LogP contribution in [0.25, 0.3) is 0 Å². The van der Waals surface area contributed by atoms with Crippen LogP contribution >= 0.6 is 15.9 Å². The van der Waals surface area contributed by atoms with Crippen molar-refractivity contribution < 1.29 is 29.0 Å². The summed E-state index contributed by atoms with van der Waals surface area (Å²) in [6, 6.07) is 3.89. The van der Waals surface area contributed by atoms with E-state index in [1.165, 1.54) is 0 Å². The minimum Gasteiger partial charge on any atom is -1.00 e. The van der Waals surface area contributed by atoms with E-state index in [4.69, 9.17) is 0 Å². The van der Waals surface area contributed by atoms with Crippen LogP contribution in [0, 0.1) is 0 Å². The predicted octanol–water partition coefficient (Wildman–Crippen LogP) is -1.73. The first-order chi connectivity index (χ1) is 3.39. The number of H-pyrrole nitrogens is 1. The van der Waals surface area contributed by atoms with Crippen LogP contribution in [0.1, 0.15) is 0 Å². The molecule has 1 heterocycles. The third-order valence-electron chi connectivity index (χ3n) is 0.678. The first-order valence-corrected chi connectivity index (χ1v) is 2.80. The molecule has 0 spiro atoms. The second-order valence-electron chi connectivity index (χ2n) is 1.22. The smallest absolute Gasteiger partial charge is 0.168 e. The molecule has 0 aliphatic carbocycles. The van der Waals surface area contributed by atoms with Gasteiger partial charge in [-0.05, 0) is 0 Å². The van der Waals surface area contributed by atoms with Gasteiger partial charge in [0.05, 0.1) is 0 Å². The highest BCUT2D eigenvalue weighted by Gasteiger charge is 1.80. The maximum absolute atomic E-state index is 3.29. The average molecular weight is 286 g/mol. The summed E-state index contributed by atoms with van der Waals surface area (Å²) >= 11 is 3.29. The molecule has 1 aromatic heterocycles. The second-order valence-corrected chi connectivity index (χ2v) is 2.13. The lowest BCUT2D eigenvalue weighted by molar-refractivity contribution is -0.378. The molecule has 0 aromatic carbocycles. The Labute approximate surface area is 73.7 Å². The molecule has 0 bridgehead atoms. The van der Waals surface area contributed by atoms with Gasteiger partial charge in [0, 0.05) is 16.6 Å². The van der Waals surface area contributed by atoms with Gasteiger partial charge >= 0.3 is 0 Å². The average Bonchev–Trinajstić information content (AvgIpc) is 1.69. The number of hydrogen-bond acceptors (Lipinski definition) is 0. The van der Waals surface area contributed by atoms with Gasteiger partial charge in [-0.25, -0.2) is 4.98 Å². The van der Waals surface area contributed by atoms with Crippen LogP contribution in [0.15, 0.2) is 29.0 Å². The standard InChI is InChI=1S/C5H4BrN.HI/c6-5-1-3-7-4-2-5;/h1-4H;1H. The van der Waals surface area contributed by atoms with Gasteiger partial charge in [-0.2, -0.15) is 0 Å². The minimum atomic E-state index is 0. The third kappa shape index (κ3) is 2.61. The Balaban J connectivity index is 0.000000490. The van der Waals surface area contributed by atoms with Gasteiger partial charge in [-0.3, -0.25) is 0 Å². The molecular weight excluding hydrogens is 281 g/mol. The molecule has 0 aliphatic heterocycles. The molecule has 1 aromatic rings. The van der Waals surface area contributed by atoms with Crippen LogP contribution in [-0.4, -0.2) is 0 Å². The summed E-state index contributed by atoms with van der Waals surface area (Å²) in [6.07, 6.45) is 3.73. The van der Waals surface area contributed by atoms with Crippen LogP contribution in [0.4, 0.5) is 0 Å². The fourth-order valence-corrected chi connectivity index (χ4v) is 0.631. The van der Waals surface area contributed by atoms with Crippen LogP contribution < -0.4 is 29.0 Å². The maximum Gasteiger partial charge on any atom is 0.168 e. The van der Waals surface area contributed by atoms with E-state index in [9.17, 15) is 0 Å². The van der Waals surface area contributed by atoms with Crippen molar-refractivity contribution >= 4 is 15.9 Å². The molecule has 0 amide bonds. The van der Waals surface area contributed by atoms with Gasteiger partial charge in [-0.15, -0.1) is 0 Å². The van der Waals surface area contributed by atoms with E-state index in [0.717, 1.165) is 4.47 Å². The predicted molar refractivity (Wildman–Crippen MR) is 30.7 cm³/mol. The minimum absolute atomic E-state index is 0. The number of hydrogen-bond donors (Lipinski definition) is 0. The molecule has 44 valence electrons. The van der Waals surface area contributed by atoms with Crippen molar-refractivity contribution in [2.75, 3.05) is 0 Å². The number of rotatable bonds is 0. The number of aromatic nitrogens is 1. The lowest BCUT2D eigenvalue weighted by Crippen LogP contribution is -3.00. The largest absolute Gasteiger partial charge is 1.00 e. The van der Waals surface area contributed by atoms with Crippen molar-refractivity contribution in [3.63, 3.8) is 0 Å². The Bertz CT molecular complexity index is 142.